The van der Waals surface area contributed by atoms with Crippen LogP contribution in [0.2, 0.25) is 0 Å². The van der Waals surface area contributed by atoms with E-state index in [2.05, 4.69) is 11.5 Å². The largest absolute Gasteiger partial charge is 0.478 e. The van der Waals surface area contributed by atoms with Crippen molar-refractivity contribution in [2.75, 3.05) is 6.61 Å². The van der Waals surface area contributed by atoms with E-state index in [1.54, 1.807) is 12.1 Å². The molecule has 2 rings (SSSR count). The first kappa shape index (κ1) is 15.6. The Morgan fingerprint density at radius 3 is 2.52 bits per heavy atom. The standard InChI is InChI=1S/C17H23NO3/c1-11-12(2)18(8-9-21-17(3,4)5)15-7-6-13(16(19)20)10-14(11)15/h6-7,10H,8-9H2,1-5H3,(H,19,20). The molecule has 21 heavy (non-hydrogen) atoms. The minimum absolute atomic E-state index is 0.150. The average molecular weight is 289 g/mol. The number of aryl methyl sites for hydroxylation is 1. The van der Waals surface area contributed by atoms with Gasteiger partial charge in [0.25, 0.3) is 0 Å². The molecule has 1 aromatic heterocycles. The summed E-state index contributed by atoms with van der Waals surface area (Å²) >= 11 is 0. The summed E-state index contributed by atoms with van der Waals surface area (Å²) in [6.07, 6.45) is 0. The van der Waals surface area contributed by atoms with Crippen molar-refractivity contribution < 1.29 is 14.6 Å². The number of carboxylic acids is 1. The van der Waals surface area contributed by atoms with E-state index in [4.69, 9.17) is 9.84 Å². The predicted octanol–water partition coefficient (Wildman–Crippen LogP) is 3.77. The Kier molecular flexibility index (Phi) is 4.10. The summed E-state index contributed by atoms with van der Waals surface area (Å²) in [5, 5.41) is 10.1. The number of carbonyl (C=O) groups is 1. The van der Waals surface area contributed by atoms with Crippen LogP contribution in [0, 0.1) is 13.8 Å². The van der Waals surface area contributed by atoms with Gasteiger partial charge in [0.1, 0.15) is 0 Å². The van der Waals surface area contributed by atoms with Gasteiger partial charge in [-0.1, -0.05) is 0 Å². The van der Waals surface area contributed by atoms with E-state index in [0.29, 0.717) is 12.2 Å². The lowest BCUT2D eigenvalue weighted by Crippen LogP contribution is -2.22. The first-order valence-electron chi connectivity index (χ1n) is 7.17. The van der Waals surface area contributed by atoms with Crippen LogP contribution in [0.3, 0.4) is 0 Å². The van der Waals surface area contributed by atoms with E-state index >= 15 is 0 Å². The number of benzene rings is 1. The van der Waals surface area contributed by atoms with Crippen LogP contribution in [0.4, 0.5) is 0 Å². The van der Waals surface area contributed by atoms with Gasteiger partial charge >= 0.3 is 5.97 Å². The van der Waals surface area contributed by atoms with E-state index in [-0.39, 0.29) is 5.60 Å². The molecular weight excluding hydrogens is 266 g/mol. The summed E-state index contributed by atoms with van der Waals surface area (Å²) in [4.78, 5) is 11.1. The van der Waals surface area contributed by atoms with Gasteiger partial charge in [0.05, 0.1) is 17.8 Å². The zero-order valence-electron chi connectivity index (χ0n) is 13.4. The monoisotopic (exact) mass is 289 g/mol. The maximum absolute atomic E-state index is 11.1. The fourth-order valence-electron chi connectivity index (χ4n) is 2.51. The molecule has 0 aliphatic carbocycles. The van der Waals surface area contributed by atoms with Gasteiger partial charge in [-0.2, -0.15) is 0 Å². The first-order valence-corrected chi connectivity index (χ1v) is 7.17. The fourth-order valence-corrected chi connectivity index (χ4v) is 2.51. The van der Waals surface area contributed by atoms with Crippen LogP contribution in [0.15, 0.2) is 18.2 Å². The minimum Gasteiger partial charge on any atom is -0.478 e. The topological polar surface area (TPSA) is 51.5 Å². The van der Waals surface area contributed by atoms with Crippen LogP contribution < -0.4 is 0 Å². The molecule has 2 aromatic rings. The zero-order valence-corrected chi connectivity index (χ0v) is 13.4. The summed E-state index contributed by atoms with van der Waals surface area (Å²) < 4.78 is 7.99. The smallest absolute Gasteiger partial charge is 0.335 e. The van der Waals surface area contributed by atoms with Crippen LogP contribution in [0.5, 0.6) is 0 Å². The molecule has 0 bridgehead atoms. The molecule has 0 aliphatic heterocycles. The van der Waals surface area contributed by atoms with Crippen molar-refractivity contribution in [2.45, 2.75) is 46.8 Å². The van der Waals surface area contributed by atoms with Gasteiger partial charge < -0.3 is 14.4 Å². The number of aromatic nitrogens is 1. The fraction of sp³-hybridized carbons (Fsp3) is 0.471. The quantitative estimate of drug-likeness (QED) is 0.932. The van der Waals surface area contributed by atoms with Gasteiger partial charge in [0.15, 0.2) is 0 Å². The molecule has 0 saturated carbocycles. The number of hydrogen-bond donors (Lipinski definition) is 1. The highest BCUT2D eigenvalue weighted by Crippen LogP contribution is 2.26. The molecule has 1 heterocycles. The minimum atomic E-state index is -0.891. The van der Waals surface area contributed by atoms with Crippen LogP contribution in [0.25, 0.3) is 10.9 Å². The summed E-state index contributed by atoms with van der Waals surface area (Å²) in [5.41, 5.74) is 3.53. The Labute approximate surface area is 125 Å². The molecule has 114 valence electrons. The van der Waals surface area contributed by atoms with Gasteiger partial charge in [0.2, 0.25) is 0 Å². The van der Waals surface area contributed by atoms with Gasteiger partial charge in [-0.3, -0.25) is 0 Å². The Hall–Kier alpha value is -1.81. The molecule has 0 unspecified atom stereocenters. The molecule has 0 aliphatic rings. The molecule has 1 N–H and O–H groups in total. The molecule has 0 saturated heterocycles. The molecule has 1 aromatic carbocycles. The normalized spacial score (nSPS) is 12.0. The van der Waals surface area contributed by atoms with Gasteiger partial charge in [-0.25, -0.2) is 4.79 Å². The second-order valence-corrected chi connectivity index (χ2v) is 6.36. The summed E-state index contributed by atoms with van der Waals surface area (Å²) in [7, 11) is 0. The van der Waals surface area contributed by atoms with Crippen LogP contribution in [-0.2, 0) is 11.3 Å². The van der Waals surface area contributed by atoms with E-state index in [0.717, 1.165) is 28.7 Å². The molecule has 4 heteroatoms. The van der Waals surface area contributed by atoms with Crippen LogP contribution in [0.1, 0.15) is 42.4 Å². The Bertz CT molecular complexity index is 677. The Morgan fingerprint density at radius 1 is 1.29 bits per heavy atom. The second kappa shape index (κ2) is 5.53. The molecule has 0 fully saturated rings. The lowest BCUT2D eigenvalue weighted by molar-refractivity contribution is -0.00661. The molecular formula is C17H23NO3. The van der Waals surface area contributed by atoms with Crippen molar-refractivity contribution >= 4 is 16.9 Å². The zero-order chi connectivity index (χ0) is 15.8. The number of hydrogen-bond acceptors (Lipinski definition) is 2. The predicted molar refractivity (Wildman–Crippen MR) is 84.1 cm³/mol. The average Bonchev–Trinajstić information content (AvgIpc) is 2.62. The third-order valence-electron chi connectivity index (χ3n) is 3.74. The van der Waals surface area contributed by atoms with Crippen molar-refractivity contribution in [3.05, 3.63) is 35.0 Å². The highest BCUT2D eigenvalue weighted by Gasteiger charge is 2.15. The van der Waals surface area contributed by atoms with Gasteiger partial charge in [0, 0.05) is 23.1 Å². The van der Waals surface area contributed by atoms with Crippen molar-refractivity contribution in [1.29, 1.82) is 0 Å². The van der Waals surface area contributed by atoms with Gasteiger partial charge in [-0.05, 0) is 58.4 Å². The Morgan fingerprint density at radius 2 is 1.95 bits per heavy atom. The van der Waals surface area contributed by atoms with E-state index in [1.807, 2.05) is 33.8 Å². The summed E-state index contributed by atoms with van der Waals surface area (Å²) in [6.45, 7) is 11.6. The highest BCUT2D eigenvalue weighted by molar-refractivity contribution is 5.95. The lowest BCUT2D eigenvalue weighted by Gasteiger charge is -2.20. The number of rotatable bonds is 4. The number of ether oxygens (including phenoxy) is 1. The third kappa shape index (κ3) is 3.27. The molecule has 0 amide bonds. The van der Waals surface area contributed by atoms with Crippen LogP contribution >= 0.6 is 0 Å². The van der Waals surface area contributed by atoms with Gasteiger partial charge in [-0.15, -0.1) is 0 Å². The van der Waals surface area contributed by atoms with Crippen molar-refractivity contribution in [2.24, 2.45) is 0 Å². The summed E-state index contributed by atoms with van der Waals surface area (Å²) in [5.74, 6) is -0.891. The van der Waals surface area contributed by atoms with Crippen molar-refractivity contribution in [3.63, 3.8) is 0 Å². The lowest BCUT2D eigenvalue weighted by atomic mass is 10.1. The maximum atomic E-state index is 11.1. The van der Waals surface area contributed by atoms with Crippen LogP contribution in [-0.4, -0.2) is 27.9 Å². The van der Waals surface area contributed by atoms with Crippen molar-refractivity contribution in [3.8, 4) is 0 Å². The maximum Gasteiger partial charge on any atom is 0.335 e. The SMILES string of the molecule is Cc1c(C)n(CCOC(C)(C)C)c2ccc(C(=O)O)cc12. The van der Waals surface area contributed by atoms with Crippen molar-refractivity contribution in [1.82, 2.24) is 4.57 Å². The first-order chi connectivity index (χ1) is 9.70. The summed E-state index contributed by atoms with van der Waals surface area (Å²) in [6, 6.07) is 5.29. The molecule has 0 atom stereocenters. The molecule has 4 nitrogen and oxygen atoms in total. The number of nitrogens with zero attached hydrogens (tertiary/aromatic N) is 1. The number of fused-ring (bicyclic) bond motifs is 1. The molecule has 0 spiro atoms. The number of carboxylic acid groups (broad SMARTS) is 1. The third-order valence-corrected chi connectivity index (χ3v) is 3.74. The Balaban J connectivity index is 2.36. The van der Waals surface area contributed by atoms with E-state index < -0.39 is 5.97 Å². The molecule has 0 radical (unpaired) electrons. The van der Waals surface area contributed by atoms with E-state index in [9.17, 15) is 4.79 Å². The highest BCUT2D eigenvalue weighted by atomic mass is 16.5. The second-order valence-electron chi connectivity index (χ2n) is 6.36. The van der Waals surface area contributed by atoms with E-state index in [1.165, 1.54) is 0 Å². The number of aromatic carboxylic acids is 1.